The van der Waals surface area contributed by atoms with E-state index in [1.54, 1.807) is 0 Å². The summed E-state index contributed by atoms with van der Waals surface area (Å²) in [5.41, 5.74) is -0.476. The number of amides is 1. The lowest BCUT2D eigenvalue weighted by Gasteiger charge is -2.30. The maximum Gasteiger partial charge on any atom is 0.407 e. The van der Waals surface area contributed by atoms with Crippen LogP contribution in [0.15, 0.2) is 0 Å². The van der Waals surface area contributed by atoms with Gasteiger partial charge in [0, 0.05) is 20.7 Å². The van der Waals surface area contributed by atoms with Crippen LogP contribution in [0, 0.1) is 5.92 Å². The minimum absolute atomic E-state index is 0. The molecule has 0 aromatic carbocycles. The van der Waals surface area contributed by atoms with Gasteiger partial charge in [-0.15, -0.1) is 0 Å². The van der Waals surface area contributed by atoms with Crippen LogP contribution in [0.25, 0.3) is 0 Å². The first-order chi connectivity index (χ1) is 11.1. The van der Waals surface area contributed by atoms with Gasteiger partial charge < -0.3 is 14.8 Å². The third-order valence-corrected chi connectivity index (χ3v) is 4.25. The summed E-state index contributed by atoms with van der Waals surface area (Å²) in [5, 5.41) is 2.92. The molecule has 7 nitrogen and oxygen atoms in total. The monoisotopic (exact) mass is 367 g/mol. The van der Waals surface area contributed by atoms with Crippen molar-refractivity contribution >= 4 is 16.2 Å². The van der Waals surface area contributed by atoms with Crippen molar-refractivity contribution in [2.24, 2.45) is 5.92 Å². The molecular weight excluding hydrogens is 334 g/mol. The van der Waals surface area contributed by atoms with E-state index in [9.17, 15) is 13.2 Å². The molecular formula is C16H33NO6S. The van der Waals surface area contributed by atoms with E-state index in [0.717, 1.165) is 31.9 Å². The Bertz CT molecular complexity index is 483. The van der Waals surface area contributed by atoms with Crippen LogP contribution in [-0.4, -0.2) is 52.2 Å². The fraction of sp³-hybridized carbons (Fsp3) is 0.938. The second-order valence-corrected chi connectivity index (χ2v) is 8.96. The Morgan fingerprint density at radius 1 is 1.17 bits per heavy atom. The van der Waals surface area contributed by atoms with E-state index in [-0.39, 0.29) is 20.2 Å². The zero-order valence-electron chi connectivity index (χ0n) is 15.2. The molecule has 0 unspecified atom stereocenters. The molecule has 1 fully saturated rings. The van der Waals surface area contributed by atoms with Gasteiger partial charge in [0.05, 0.1) is 12.9 Å². The Morgan fingerprint density at radius 2 is 1.79 bits per heavy atom. The molecule has 0 aliphatic heterocycles. The Balaban J connectivity index is 0.00000576. The fourth-order valence-electron chi connectivity index (χ4n) is 2.57. The van der Waals surface area contributed by atoms with Gasteiger partial charge >= 0.3 is 6.09 Å². The number of alkyl carbamates (subject to hydrolysis) is 1. The summed E-state index contributed by atoms with van der Waals surface area (Å²) in [6, 6.07) is 0.166. The highest BCUT2D eigenvalue weighted by atomic mass is 32.2. The lowest BCUT2D eigenvalue weighted by Crippen LogP contribution is -2.41. The van der Waals surface area contributed by atoms with Crippen LogP contribution in [0.2, 0.25) is 0 Å². The van der Waals surface area contributed by atoms with E-state index in [0.29, 0.717) is 25.6 Å². The Morgan fingerprint density at radius 3 is 2.33 bits per heavy atom. The molecule has 0 saturated heterocycles. The van der Waals surface area contributed by atoms with Gasteiger partial charge in [-0.1, -0.05) is 0 Å². The Hall–Kier alpha value is -0.860. The molecule has 1 amide bonds. The number of carbonyl (C=O) groups excluding carboxylic acids is 1. The van der Waals surface area contributed by atoms with E-state index < -0.39 is 15.7 Å². The predicted octanol–water partition coefficient (Wildman–Crippen LogP) is 2.70. The zero-order chi connectivity index (χ0) is 18.2. The van der Waals surface area contributed by atoms with Crippen molar-refractivity contribution < 1.29 is 28.3 Å². The zero-order valence-corrected chi connectivity index (χ0v) is 16.0. The lowest BCUT2D eigenvalue weighted by molar-refractivity contribution is 0.0459. The van der Waals surface area contributed by atoms with Crippen molar-refractivity contribution in [1.29, 1.82) is 0 Å². The minimum Gasteiger partial charge on any atom is -0.444 e. The van der Waals surface area contributed by atoms with Crippen LogP contribution in [0.3, 0.4) is 0 Å². The highest BCUT2D eigenvalue weighted by Gasteiger charge is 2.24. The van der Waals surface area contributed by atoms with E-state index in [1.165, 1.54) is 0 Å². The molecule has 1 N–H and O–H groups in total. The molecule has 1 rings (SSSR count). The maximum absolute atomic E-state index is 11.7. The molecule has 1 saturated carbocycles. The van der Waals surface area contributed by atoms with Crippen molar-refractivity contribution in [2.45, 2.75) is 64.5 Å². The van der Waals surface area contributed by atoms with Crippen molar-refractivity contribution in [3.63, 3.8) is 0 Å². The van der Waals surface area contributed by atoms with Gasteiger partial charge in [0.15, 0.2) is 0 Å². The summed E-state index contributed by atoms with van der Waals surface area (Å²) < 4.78 is 37.1. The average molecular weight is 368 g/mol. The quantitative estimate of drug-likeness (QED) is 0.524. The van der Waals surface area contributed by atoms with Gasteiger partial charge in [-0.25, -0.2) is 4.79 Å². The van der Waals surface area contributed by atoms with E-state index in [2.05, 4.69) is 9.50 Å². The molecule has 0 spiro atoms. The summed E-state index contributed by atoms with van der Waals surface area (Å²) in [6.07, 6.45) is 5.09. The second-order valence-electron chi connectivity index (χ2n) is 7.32. The van der Waals surface area contributed by atoms with Crippen molar-refractivity contribution in [1.82, 2.24) is 5.32 Å². The molecule has 0 radical (unpaired) electrons. The number of nitrogens with one attached hydrogen (secondary N) is 1. The Kier molecular flexibility index (Phi) is 8.45. The van der Waals surface area contributed by atoms with Crippen LogP contribution in [0.4, 0.5) is 4.79 Å². The second kappa shape index (κ2) is 9.58. The smallest absolute Gasteiger partial charge is 0.407 e. The molecule has 0 aromatic heterocycles. The summed E-state index contributed by atoms with van der Waals surface area (Å²) >= 11 is 0. The molecule has 0 atom stereocenters. The Labute approximate surface area is 147 Å². The molecule has 0 bridgehead atoms. The van der Waals surface area contributed by atoms with Gasteiger partial charge in [0.25, 0.3) is 10.1 Å². The van der Waals surface area contributed by atoms with Gasteiger partial charge in [0.1, 0.15) is 5.60 Å². The highest BCUT2D eigenvalue weighted by molar-refractivity contribution is 7.85. The standard InChI is InChI=1S/C16H31NO6S.H2/c1-16(2,3)23-15(18)17-14-8-6-13(7-9-14)12-21-10-5-11-22-24(4,19)20;/h13-14H,5-12H2,1-4H3,(H,17,18);1H. The first kappa shape index (κ1) is 21.2. The van der Waals surface area contributed by atoms with Crippen LogP contribution >= 0.6 is 0 Å². The van der Waals surface area contributed by atoms with Gasteiger partial charge in [-0.3, -0.25) is 4.18 Å². The first-order valence-electron chi connectivity index (χ1n) is 8.47. The van der Waals surface area contributed by atoms with Gasteiger partial charge in [0.2, 0.25) is 0 Å². The largest absolute Gasteiger partial charge is 0.444 e. The number of rotatable bonds is 8. The summed E-state index contributed by atoms with van der Waals surface area (Å²) in [6.45, 7) is 6.86. The minimum atomic E-state index is -3.36. The van der Waals surface area contributed by atoms with Crippen LogP contribution in [0.1, 0.15) is 54.3 Å². The fourth-order valence-corrected chi connectivity index (χ4v) is 2.99. The summed E-state index contributed by atoms with van der Waals surface area (Å²) in [4.78, 5) is 11.7. The van der Waals surface area contributed by atoms with Crippen LogP contribution in [-0.2, 0) is 23.8 Å². The molecule has 8 heteroatoms. The molecule has 0 aromatic rings. The molecule has 24 heavy (non-hydrogen) atoms. The predicted molar refractivity (Wildman–Crippen MR) is 93.5 cm³/mol. The van der Waals surface area contributed by atoms with Crippen LogP contribution < -0.4 is 5.32 Å². The van der Waals surface area contributed by atoms with Crippen LogP contribution in [0.5, 0.6) is 0 Å². The van der Waals surface area contributed by atoms with E-state index in [1.807, 2.05) is 20.8 Å². The SMILES string of the molecule is CC(C)(C)OC(=O)NC1CCC(COCCCOS(C)(=O)=O)CC1.[HH]. The van der Waals surface area contributed by atoms with Crippen molar-refractivity contribution in [3.8, 4) is 0 Å². The first-order valence-corrected chi connectivity index (χ1v) is 10.3. The van der Waals surface area contributed by atoms with Gasteiger partial charge in [-0.2, -0.15) is 8.42 Å². The highest BCUT2D eigenvalue weighted by Crippen LogP contribution is 2.24. The summed E-state index contributed by atoms with van der Waals surface area (Å²) in [7, 11) is -3.36. The number of hydrogen-bond acceptors (Lipinski definition) is 6. The van der Waals surface area contributed by atoms with E-state index in [4.69, 9.17) is 9.47 Å². The van der Waals surface area contributed by atoms with Crippen molar-refractivity contribution in [3.05, 3.63) is 0 Å². The number of hydrogen-bond donors (Lipinski definition) is 1. The normalized spacial score (nSPS) is 22.2. The summed E-state index contributed by atoms with van der Waals surface area (Å²) in [5.74, 6) is 0.484. The van der Waals surface area contributed by atoms with E-state index >= 15 is 0 Å². The van der Waals surface area contributed by atoms with Gasteiger partial charge in [-0.05, 0) is 58.8 Å². The molecule has 1 aliphatic rings. The topological polar surface area (TPSA) is 90.9 Å². The number of carbonyl (C=O) groups is 1. The third kappa shape index (κ3) is 10.8. The maximum atomic E-state index is 11.7. The lowest BCUT2D eigenvalue weighted by atomic mass is 9.86. The average Bonchev–Trinajstić information content (AvgIpc) is 2.41. The van der Waals surface area contributed by atoms with Crippen molar-refractivity contribution in [2.75, 3.05) is 26.1 Å². The molecule has 144 valence electrons. The number of ether oxygens (including phenoxy) is 2. The molecule has 1 aliphatic carbocycles. The molecule has 0 heterocycles. The third-order valence-electron chi connectivity index (χ3n) is 3.65.